The number of nitrogens with two attached hydrogens (primary N) is 1. The van der Waals surface area contributed by atoms with Gasteiger partial charge < -0.3 is 11.1 Å². The molecular formula is C11H11F3N2O. The molecule has 1 saturated carbocycles. The number of hydrogen-bond donors (Lipinski definition) is 2. The smallest absolute Gasteiger partial charge is 0.234 e. The third-order valence-corrected chi connectivity index (χ3v) is 2.80. The summed E-state index contributed by atoms with van der Waals surface area (Å²) in [5.41, 5.74) is 3.78. The van der Waals surface area contributed by atoms with Crippen LogP contribution >= 0.6 is 0 Å². The van der Waals surface area contributed by atoms with E-state index in [1.54, 1.807) is 0 Å². The van der Waals surface area contributed by atoms with Gasteiger partial charge in [-0.05, 0) is 12.8 Å². The molecule has 3 N–H and O–H groups in total. The van der Waals surface area contributed by atoms with E-state index in [-0.39, 0.29) is 12.1 Å². The number of carbonyl (C=O) groups is 1. The third-order valence-electron chi connectivity index (χ3n) is 2.80. The fourth-order valence-corrected chi connectivity index (χ4v) is 1.88. The summed E-state index contributed by atoms with van der Waals surface area (Å²) in [5, 5.41) is 2.47. The summed E-state index contributed by atoms with van der Waals surface area (Å²) in [6.45, 7) is -0.258. The molecule has 2 rings (SSSR count). The molecule has 6 heteroatoms. The van der Waals surface area contributed by atoms with Gasteiger partial charge in [-0.2, -0.15) is 0 Å². The highest BCUT2D eigenvalue weighted by Crippen LogP contribution is 2.47. The van der Waals surface area contributed by atoms with Gasteiger partial charge >= 0.3 is 0 Å². The van der Waals surface area contributed by atoms with Crippen LogP contribution in [0.25, 0.3) is 0 Å². The predicted octanol–water partition coefficient (Wildman–Crippen LogP) is 1.17. The molecule has 1 aromatic carbocycles. The van der Waals surface area contributed by atoms with E-state index in [1.807, 2.05) is 0 Å². The zero-order valence-electron chi connectivity index (χ0n) is 8.90. The monoisotopic (exact) mass is 244 g/mol. The number of hydrogen-bond acceptors (Lipinski definition) is 2. The van der Waals surface area contributed by atoms with Crippen LogP contribution in [0, 0.1) is 17.5 Å². The van der Waals surface area contributed by atoms with Crippen LogP contribution in [0.5, 0.6) is 0 Å². The van der Waals surface area contributed by atoms with E-state index in [0.29, 0.717) is 25.0 Å². The van der Waals surface area contributed by atoms with E-state index < -0.39 is 28.9 Å². The van der Waals surface area contributed by atoms with Crippen molar-refractivity contribution in [2.45, 2.75) is 18.4 Å². The zero-order chi connectivity index (χ0) is 12.6. The van der Waals surface area contributed by atoms with Gasteiger partial charge in [0.05, 0.1) is 12.1 Å². The molecule has 0 aliphatic heterocycles. The van der Waals surface area contributed by atoms with Crippen molar-refractivity contribution in [1.82, 2.24) is 5.32 Å². The van der Waals surface area contributed by atoms with E-state index in [0.717, 1.165) is 0 Å². The van der Waals surface area contributed by atoms with Gasteiger partial charge in [-0.25, -0.2) is 13.2 Å². The molecule has 3 nitrogen and oxygen atoms in total. The third kappa shape index (κ3) is 2.12. The molecule has 0 spiro atoms. The minimum Gasteiger partial charge on any atom is -0.345 e. The Labute approximate surface area is 95.8 Å². The van der Waals surface area contributed by atoms with Gasteiger partial charge in [0, 0.05) is 17.7 Å². The van der Waals surface area contributed by atoms with Gasteiger partial charge in [0.15, 0.2) is 0 Å². The molecule has 1 aromatic rings. The topological polar surface area (TPSA) is 55.1 Å². The minimum absolute atomic E-state index is 0.258. The summed E-state index contributed by atoms with van der Waals surface area (Å²) in [5.74, 6) is -3.45. The Morgan fingerprint density at radius 1 is 1.29 bits per heavy atom. The first-order valence-electron chi connectivity index (χ1n) is 5.14. The molecule has 0 atom stereocenters. The number of carbonyl (C=O) groups excluding carboxylic acids is 1. The lowest BCUT2D eigenvalue weighted by Gasteiger charge is -2.18. The Bertz CT molecular complexity index is 449. The van der Waals surface area contributed by atoms with Crippen LogP contribution in [-0.2, 0) is 10.3 Å². The Morgan fingerprint density at radius 2 is 1.82 bits per heavy atom. The average Bonchev–Trinajstić information content (AvgIpc) is 2.96. The van der Waals surface area contributed by atoms with E-state index in [9.17, 15) is 18.0 Å². The molecule has 0 heterocycles. The van der Waals surface area contributed by atoms with Gasteiger partial charge in [0.1, 0.15) is 17.5 Å². The molecule has 1 fully saturated rings. The molecule has 1 amide bonds. The second-order valence-corrected chi connectivity index (χ2v) is 4.08. The first-order chi connectivity index (χ1) is 7.98. The van der Waals surface area contributed by atoms with Crippen LogP contribution in [-0.4, -0.2) is 12.5 Å². The molecule has 0 unspecified atom stereocenters. The second kappa shape index (κ2) is 4.03. The standard InChI is InChI=1S/C11H11F3N2O/c12-6-3-7(13)10(8(14)4-6)11(1-2-11)16-9(17)5-15/h3-4H,1-2,5,15H2,(H,16,17). The highest BCUT2D eigenvalue weighted by atomic mass is 19.1. The van der Waals surface area contributed by atoms with Crippen molar-refractivity contribution < 1.29 is 18.0 Å². The summed E-state index contributed by atoms with van der Waals surface area (Å²) in [6, 6.07) is 1.21. The summed E-state index contributed by atoms with van der Waals surface area (Å²) in [4.78, 5) is 11.2. The minimum atomic E-state index is -1.06. The zero-order valence-corrected chi connectivity index (χ0v) is 8.90. The maximum atomic E-state index is 13.5. The van der Waals surface area contributed by atoms with Gasteiger partial charge in [-0.15, -0.1) is 0 Å². The first kappa shape index (κ1) is 11.9. The van der Waals surface area contributed by atoms with Gasteiger partial charge in [0.2, 0.25) is 5.91 Å². The van der Waals surface area contributed by atoms with Crippen molar-refractivity contribution in [3.63, 3.8) is 0 Å². The van der Waals surface area contributed by atoms with Crippen molar-refractivity contribution in [3.05, 3.63) is 35.1 Å². The van der Waals surface area contributed by atoms with Crippen LogP contribution in [0.2, 0.25) is 0 Å². The number of nitrogens with one attached hydrogen (secondary N) is 1. The van der Waals surface area contributed by atoms with E-state index in [4.69, 9.17) is 5.73 Å². The SMILES string of the molecule is NCC(=O)NC1(c2c(F)cc(F)cc2F)CC1. The number of benzene rings is 1. The molecule has 0 saturated heterocycles. The second-order valence-electron chi connectivity index (χ2n) is 4.08. The maximum Gasteiger partial charge on any atom is 0.234 e. The quantitative estimate of drug-likeness (QED) is 0.838. The van der Waals surface area contributed by atoms with Crippen molar-refractivity contribution in [1.29, 1.82) is 0 Å². The summed E-state index contributed by atoms with van der Waals surface area (Å²) in [6.07, 6.45) is 0.830. The van der Waals surface area contributed by atoms with E-state index in [1.165, 1.54) is 0 Å². The van der Waals surface area contributed by atoms with Crippen molar-refractivity contribution in [2.24, 2.45) is 5.73 Å². The summed E-state index contributed by atoms with van der Waals surface area (Å²) >= 11 is 0. The van der Waals surface area contributed by atoms with E-state index >= 15 is 0 Å². The van der Waals surface area contributed by atoms with Crippen LogP contribution < -0.4 is 11.1 Å². The highest BCUT2D eigenvalue weighted by Gasteiger charge is 2.49. The summed E-state index contributed by atoms with van der Waals surface area (Å²) < 4.78 is 39.8. The van der Waals surface area contributed by atoms with Gasteiger partial charge in [-0.3, -0.25) is 4.79 Å². The number of rotatable bonds is 3. The van der Waals surface area contributed by atoms with Crippen LogP contribution in [0.15, 0.2) is 12.1 Å². The van der Waals surface area contributed by atoms with Gasteiger partial charge in [-0.1, -0.05) is 0 Å². The molecule has 0 aromatic heterocycles. The normalized spacial score (nSPS) is 16.7. The summed E-state index contributed by atoms with van der Waals surface area (Å²) in [7, 11) is 0. The molecule has 92 valence electrons. The fourth-order valence-electron chi connectivity index (χ4n) is 1.88. The predicted molar refractivity (Wildman–Crippen MR) is 54.4 cm³/mol. The molecule has 17 heavy (non-hydrogen) atoms. The maximum absolute atomic E-state index is 13.5. The lowest BCUT2D eigenvalue weighted by Crippen LogP contribution is -2.39. The van der Waals surface area contributed by atoms with Crippen LogP contribution in [0.3, 0.4) is 0 Å². The Hall–Kier alpha value is -1.56. The van der Waals surface area contributed by atoms with Crippen molar-refractivity contribution in [3.8, 4) is 0 Å². The molecule has 0 radical (unpaired) electrons. The molecule has 1 aliphatic rings. The van der Waals surface area contributed by atoms with E-state index in [2.05, 4.69) is 5.32 Å². The number of amides is 1. The highest BCUT2D eigenvalue weighted by molar-refractivity contribution is 5.79. The number of halogens is 3. The lowest BCUT2D eigenvalue weighted by molar-refractivity contribution is -0.120. The van der Waals surface area contributed by atoms with Gasteiger partial charge in [0.25, 0.3) is 0 Å². The molecular weight excluding hydrogens is 233 g/mol. The first-order valence-corrected chi connectivity index (χ1v) is 5.14. The van der Waals surface area contributed by atoms with Crippen molar-refractivity contribution in [2.75, 3.05) is 6.54 Å². The average molecular weight is 244 g/mol. The van der Waals surface area contributed by atoms with Crippen molar-refractivity contribution >= 4 is 5.91 Å². The van der Waals surface area contributed by atoms with Crippen LogP contribution in [0.1, 0.15) is 18.4 Å². The Kier molecular flexibility index (Phi) is 2.82. The fraction of sp³-hybridized carbons (Fsp3) is 0.364. The Morgan fingerprint density at radius 3 is 2.24 bits per heavy atom. The molecule has 0 bridgehead atoms. The Balaban J connectivity index is 2.37. The molecule has 1 aliphatic carbocycles. The lowest BCUT2D eigenvalue weighted by atomic mass is 10.0. The largest absolute Gasteiger partial charge is 0.345 e. The van der Waals surface area contributed by atoms with Crippen LogP contribution in [0.4, 0.5) is 13.2 Å².